The van der Waals surface area contributed by atoms with E-state index in [0.29, 0.717) is 13.1 Å². The van der Waals surface area contributed by atoms with Gasteiger partial charge in [0.25, 0.3) is 0 Å². The normalized spacial score (nSPS) is 16.6. The molecule has 1 saturated heterocycles. The minimum atomic E-state index is -1.17. The average molecular weight is 288 g/mol. The van der Waals surface area contributed by atoms with E-state index in [9.17, 15) is 14.4 Å². The van der Waals surface area contributed by atoms with E-state index >= 15 is 0 Å². The van der Waals surface area contributed by atoms with Crippen molar-refractivity contribution in [1.29, 1.82) is 0 Å². The molecular formula is C12H20N2O4S. The lowest BCUT2D eigenvalue weighted by molar-refractivity contribution is -0.149. The number of hydrogen-bond acceptors (Lipinski definition) is 4. The van der Waals surface area contributed by atoms with E-state index < -0.39 is 23.3 Å². The van der Waals surface area contributed by atoms with Crippen molar-refractivity contribution >= 4 is 29.7 Å². The maximum atomic E-state index is 11.9. The Labute approximate surface area is 116 Å². The summed E-state index contributed by atoms with van der Waals surface area (Å²) in [4.78, 5) is 36.0. The maximum absolute atomic E-state index is 11.9. The predicted molar refractivity (Wildman–Crippen MR) is 73.1 cm³/mol. The largest absolute Gasteiger partial charge is 0.481 e. The second-order valence-corrected chi connectivity index (χ2v) is 6.40. The van der Waals surface area contributed by atoms with Gasteiger partial charge in [-0.2, -0.15) is 11.8 Å². The number of hydrogen-bond donors (Lipinski definition) is 2. The van der Waals surface area contributed by atoms with Gasteiger partial charge >= 0.3 is 12.0 Å². The van der Waals surface area contributed by atoms with Crippen LogP contribution in [0.5, 0.6) is 0 Å². The molecule has 1 rings (SSSR count). The highest BCUT2D eigenvalue weighted by molar-refractivity contribution is 7.99. The van der Waals surface area contributed by atoms with Crippen LogP contribution >= 0.6 is 11.8 Å². The SMILES string of the molecule is CC(C)(CC(=O)NC(=O)N1CCCSCC1)C(=O)O. The first-order valence-corrected chi connectivity index (χ1v) is 7.38. The number of amides is 3. The van der Waals surface area contributed by atoms with Crippen molar-refractivity contribution in [1.82, 2.24) is 10.2 Å². The summed E-state index contributed by atoms with van der Waals surface area (Å²) in [6, 6.07) is -0.423. The standard InChI is InChI=1S/C12H20N2O4S/c1-12(2,10(16)17)8-9(15)13-11(18)14-4-3-6-19-7-5-14/h3-8H2,1-2H3,(H,16,17)(H,13,15,18). The third-order valence-electron chi connectivity index (χ3n) is 2.94. The minimum absolute atomic E-state index is 0.212. The number of carbonyl (C=O) groups excluding carboxylic acids is 2. The molecule has 2 N–H and O–H groups in total. The highest BCUT2D eigenvalue weighted by atomic mass is 32.2. The van der Waals surface area contributed by atoms with Crippen LogP contribution < -0.4 is 5.32 Å². The molecule has 3 amide bonds. The maximum Gasteiger partial charge on any atom is 0.324 e. The van der Waals surface area contributed by atoms with Crippen LogP contribution in [0.1, 0.15) is 26.7 Å². The average Bonchev–Trinajstić information content (AvgIpc) is 2.56. The summed E-state index contributed by atoms with van der Waals surface area (Å²) in [5.41, 5.74) is -1.17. The Kier molecular flexibility index (Phi) is 5.65. The quantitative estimate of drug-likeness (QED) is 0.814. The number of nitrogens with one attached hydrogen (secondary N) is 1. The smallest absolute Gasteiger partial charge is 0.324 e. The second kappa shape index (κ2) is 6.79. The molecule has 0 atom stereocenters. The molecule has 0 unspecified atom stereocenters. The summed E-state index contributed by atoms with van der Waals surface area (Å²) in [6.45, 7) is 4.17. The summed E-state index contributed by atoms with van der Waals surface area (Å²) >= 11 is 1.79. The van der Waals surface area contributed by atoms with Crippen LogP contribution in [0.15, 0.2) is 0 Å². The Morgan fingerprint density at radius 1 is 1.26 bits per heavy atom. The first-order valence-electron chi connectivity index (χ1n) is 6.23. The van der Waals surface area contributed by atoms with Gasteiger partial charge in [-0.05, 0) is 26.0 Å². The molecule has 19 heavy (non-hydrogen) atoms. The van der Waals surface area contributed by atoms with Crippen LogP contribution in [0, 0.1) is 5.41 Å². The zero-order valence-electron chi connectivity index (χ0n) is 11.3. The number of rotatable bonds is 3. The van der Waals surface area contributed by atoms with Gasteiger partial charge in [-0.25, -0.2) is 4.79 Å². The van der Waals surface area contributed by atoms with Gasteiger partial charge < -0.3 is 10.0 Å². The molecular weight excluding hydrogens is 268 g/mol. The van der Waals surface area contributed by atoms with Gasteiger partial charge in [0.05, 0.1) is 5.41 Å². The Bertz CT molecular complexity index is 363. The van der Waals surface area contributed by atoms with Crippen molar-refractivity contribution in [2.24, 2.45) is 5.41 Å². The van der Waals surface area contributed by atoms with Gasteiger partial charge in [0, 0.05) is 25.3 Å². The fourth-order valence-electron chi connectivity index (χ4n) is 1.67. The third kappa shape index (κ3) is 5.10. The zero-order chi connectivity index (χ0) is 14.5. The van der Waals surface area contributed by atoms with Crippen molar-refractivity contribution in [2.45, 2.75) is 26.7 Å². The van der Waals surface area contributed by atoms with E-state index in [1.807, 2.05) is 0 Å². The fraction of sp³-hybridized carbons (Fsp3) is 0.750. The van der Waals surface area contributed by atoms with Crippen molar-refractivity contribution in [3.05, 3.63) is 0 Å². The van der Waals surface area contributed by atoms with E-state index in [1.54, 1.807) is 16.7 Å². The van der Waals surface area contributed by atoms with Crippen LogP contribution in [-0.2, 0) is 9.59 Å². The molecule has 1 aliphatic rings. The summed E-state index contributed by atoms with van der Waals surface area (Å²) in [7, 11) is 0. The molecule has 1 fully saturated rings. The molecule has 0 radical (unpaired) electrons. The Balaban J connectivity index is 2.47. The van der Waals surface area contributed by atoms with Gasteiger partial charge in [-0.15, -0.1) is 0 Å². The first kappa shape index (κ1) is 15.8. The summed E-state index contributed by atoms with van der Waals surface area (Å²) in [5.74, 6) is 0.280. The molecule has 0 aromatic carbocycles. The Hall–Kier alpha value is -1.24. The number of carbonyl (C=O) groups is 3. The molecule has 6 nitrogen and oxygen atoms in total. The monoisotopic (exact) mass is 288 g/mol. The van der Waals surface area contributed by atoms with Crippen LogP contribution in [0.3, 0.4) is 0 Å². The number of carboxylic acids is 1. The molecule has 1 aliphatic heterocycles. The highest BCUT2D eigenvalue weighted by Crippen LogP contribution is 2.20. The van der Waals surface area contributed by atoms with Crippen LogP contribution in [0.25, 0.3) is 0 Å². The molecule has 0 aromatic rings. The van der Waals surface area contributed by atoms with Crippen LogP contribution in [0.2, 0.25) is 0 Å². The Morgan fingerprint density at radius 3 is 2.58 bits per heavy atom. The van der Waals surface area contributed by atoms with Crippen molar-refractivity contribution in [3.8, 4) is 0 Å². The lowest BCUT2D eigenvalue weighted by atomic mass is 9.89. The molecule has 1 heterocycles. The number of aliphatic carboxylic acids is 1. The van der Waals surface area contributed by atoms with Crippen molar-refractivity contribution < 1.29 is 19.5 Å². The fourth-order valence-corrected chi connectivity index (χ4v) is 2.56. The van der Waals surface area contributed by atoms with Gasteiger partial charge in [-0.1, -0.05) is 0 Å². The molecule has 108 valence electrons. The van der Waals surface area contributed by atoms with Crippen LogP contribution in [-0.4, -0.2) is 52.5 Å². The summed E-state index contributed by atoms with van der Waals surface area (Å²) < 4.78 is 0. The van der Waals surface area contributed by atoms with E-state index in [1.165, 1.54) is 13.8 Å². The van der Waals surface area contributed by atoms with E-state index in [2.05, 4.69) is 5.32 Å². The number of urea groups is 1. The van der Waals surface area contributed by atoms with Gasteiger partial charge in [0.1, 0.15) is 0 Å². The number of carboxylic acid groups (broad SMARTS) is 1. The highest BCUT2D eigenvalue weighted by Gasteiger charge is 2.31. The zero-order valence-corrected chi connectivity index (χ0v) is 12.1. The second-order valence-electron chi connectivity index (χ2n) is 5.17. The molecule has 0 spiro atoms. The van der Waals surface area contributed by atoms with E-state index in [-0.39, 0.29) is 6.42 Å². The van der Waals surface area contributed by atoms with E-state index in [0.717, 1.165) is 17.9 Å². The number of nitrogens with zero attached hydrogens (tertiary/aromatic N) is 1. The molecule has 0 bridgehead atoms. The molecule has 0 saturated carbocycles. The minimum Gasteiger partial charge on any atom is -0.481 e. The van der Waals surface area contributed by atoms with Gasteiger partial charge in [0.2, 0.25) is 5.91 Å². The van der Waals surface area contributed by atoms with Crippen molar-refractivity contribution in [3.63, 3.8) is 0 Å². The lowest BCUT2D eigenvalue weighted by Crippen LogP contribution is -2.45. The molecule has 0 aromatic heterocycles. The van der Waals surface area contributed by atoms with E-state index in [4.69, 9.17) is 5.11 Å². The van der Waals surface area contributed by atoms with Gasteiger partial charge in [-0.3, -0.25) is 14.9 Å². The predicted octanol–water partition coefficient (Wildman–Crippen LogP) is 1.16. The first-order chi connectivity index (χ1) is 8.83. The third-order valence-corrected chi connectivity index (χ3v) is 3.99. The topological polar surface area (TPSA) is 86.7 Å². The van der Waals surface area contributed by atoms with Crippen LogP contribution in [0.4, 0.5) is 4.79 Å². The number of imide groups is 1. The summed E-state index contributed by atoms with van der Waals surface area (Å²) in [5, 5.41) is 11.2. The number of thioether (sulfide) groups is 1. The Morgan fingerprint density at radius 2 is 1.95 bits per heavy atom. The van der Waals surface area contributed by atoms with Gasteiger partial charge in [0.15, 0.2) is 0 Å². The molecule has 7 heteroatoms. The van der Waals surface area contributed by atoms with Crippen molar-refractivity contribution in [2.75, 3.05) is 24.6 Å². The lowest BCUT2D eigenvalue weighted by Gasteiger charge is -2.22. The summed E-state index contributed by atoms with van der Waals surface area (Å²) in [6.07, 6.45) is 0.698. The molecule has 0 aliphatic carbocycles.